The van der Waals surface area contributed by atoms with E-state index in [4.69, 9.17) is 4.74 Å². The van der Waals surface area contributed by atoms with Gasteiger partial charge in [0.05, 0.1) is 0 Å². The Balaban J connectivity index is 1.29. The second-order valence-corrected chi connectivity index (χ2v) is 6.31. The van der Waals surface area contributed by atoms with Crippen LogP contribution in [0.5, 0.6) is 0 Å². The molecule has 2 heterocycles. The molecule has 1 aromatic carbocycles. The van der Waals surface area contributed by atoms with Gasteiger partial charge in [-0.25, -0.2) is 0 Å². The second-order valence-electron chi connectivity index (χ2n) is 6.31. The van der Waals surface area contributed by atoms with E-state index in [-0.39, 0.29) is 12.0 Å². The zero-order chi connectivity index (χ0) is 15.9. The summed E-state index contributed by atoms with van der Waals surface area (Å²) < 4.78 is 5.39. The Morgan fingerprint density at radius 1 is 1.17 bits per heavy atom. The predicted molar refractivity (Wildman–Crippen MR) is 91.7 cm³/mol. The summed E-state index contributed by atoms with van der Waals surface area (Å²) in [5, 5.41) is 3.00. The van der Waals surface area contributed by atoms with E-state index in [0.29, 0.717) is 0 Å². The van der Waals surface area contributed by atoms with Crippen LogP contribution in [0.1, 0.15) is 19.3 Å². The topological polar surface area (TPSA) is 44.8 Å². The van der Waals surface area contributed by atoms with Crippen molar-refractivity contribution in [3.63, 3.8) is 0 Å². The molecule has 0 bridgehead atoms. The van der Waals surface area contributed by atoms with Crippen LogP contribution in [0.3, 0.4) is 0 Å². The molecule has 1 N–H and O–H groups in total. The van der Waals surface area contributed by atoms with Gasteiger partial charge in [0.25, 0.3) is 0 Å². The first kappa shape index (κ1) is 16.3. The summed E-state index contributed by atoms with van der Waals surface area (Å²) in [6.07, 6.45) is 2.67. The molecule has 1 aromatic rings. The summed E-state index contributed by atoms with van der Waals surface area (Å²) in [6, 6.07) is 10.6. The molecule has 5 nitrogen and oxygen atoms in total. The number of hydrogen-bond donors (Lipinski definition) is 1. The van der Waals surface area contributed by atoms with Gasteiger partial charge in [0.15, 0.2) is 0 Å². The summed E-state index contributed by atoms with van der Waals surface area (Å²) in [4.78, 5) is 16.8. The third kappa shape index (κ3) is 4.69. The van der Waals surface area contributed by atoms with Gasteiger partial charge < -0.3 is 15.0 Å². The minimum absolute atomic E-state index is 0.0661. The lowest BCUT2D eigenvalue weighted by molar-refractivity contribution is -0.130. The van der Waals surface area contributed by atoms with Crippen LogP contribution in [0.15, 0.2) is 30.3 Å². The van der Waals surface area contributed by atoms with Crippen LogP contribution in [0.2, 0.25) is 0 Å². The van der Waals surface area contributed by atoms with Crippen molar-refractivity contribution < 1.29 is 9.53 Å². The molecule has 0 aromatic heterocycles. The molecule has 1 atom stereocenters. The largest absolute Gasteiger partial charge is 0.369 e. The molecule has 1 amide bonds. The molecule has 0 aliphatic carbocycles. The van der Waals surface area contributed by atoms with Crippen molar-refractivity contribution in [3.8, 4) is 0 Å². The molecule has 2 saturated heterocycles. The first-order chi connectivity index (χ1) is 11.3. The number of rotatable bonds is 6. The van der Waals surface area contributed by atoms with Gasteiger partial charge in [0.1, 0.15) is 6.10 Å². The third-order valence-electron chi connectivity index (χ3n) is 4.67. The van der Waals surface area contributed by atoms with Crippen molar-refractivity contribution in [1.29, 1.82) is 0 Å². The fourth-order valence-electron chi connectivity index (χ4n) is 3.28. The van der Waals surface area contributed by atoms with E-state index in [1.807, 2.05) is 0 Å². The summed E-state index contributed by atoms with van der Waals surface area (Å²) >= 11 is 0. The van der Waals surface area contributed by atoms with Crippen LogP contribution in [-0.2, 0) is 9.53 Å². The minimum Gasteiger partial charge on any atom is -0.369 e. The maximum absolute atomic E-state index is 11.8. The van der Waals surface area contributed by atoms with Gasteiger partial charge in [-0.3, -0.25) is 9.69 Å². The molecular weight excluding hydrogens is 290 g/mol. The van der Waals surface area contributed by atoms with E-state index in [1.165, 1.54) is 5.69 Å². The van der Waals surface area contributed by atoms with Crippen LogP contribution < -0.4 is 10.2 Å². The number of piperazine rings is 1. The number of anilines is 1. The van der Waals surface area contributed by atoms with Crippen LogP contribution in [0, 0.1) is 0 Å². The Morgan fingerprint density at radius 3 is 2.65 bits per heavy atom. The highest BCUT2D eigenvalue weighted by Gasteiger charge is 2.23. The molecule has 2 aliphatic rings. The first-order valence-electron chi connectivity index (χ1n) is 8.74. The molecule has 0 radical (unpaired) electrons. The van der Waals surface area contributed by atoms with Gasteiger partial charge in [-0.2, -0.15) is 0 Å². The van der Waals surface area contributed by atoms with Crippen LogP contribution in [-0.4, -0.2) is 62.8 Å². The van der Waals surface area contributed by atoms with E-state index < -0.39 is 0 Å². The Hall–Kier alpha value is -1.59. The van der Waals surface area contributed by atoms with Crippen molar-refractivity contribution in [1.82, 2.24) is 10.2 Å². The zero-order valence-electron chi connectivity index (χ0n) is 13.7. The molecule has 0 saturated carbocycles. The number of benzene rings is 1. The number of carbonyl (C=O) groups is 1. The zero-order valence-corrected chi connectivity index (χ0v) is 13.7. The standard InChI is InChI=1S/C18H27N3O2/c22-18(17-8-4-15-23-17)19-9-5-10-20-11-13-21(14-12-20)16-6-2-1-3-7-16/h1-3,6-7,17H,4-5,8-15H2,(H,19,22)/t17-/m1/s1. The average Bonchev–Trinajstić information content (AvgIpc) is 3.15. The number of ether oxygens (including phenoxy) is 1. The lowest BCUT2D eigenvalue weighted by Gasteiger charge is -2.36. The lowest BCUT2D eigenvalue weighted by Crippen LogP contribution is -2.47. The van der Waals surface area contributed by atoms with E-state index in [2.05, 4.69) is 45.4 Å². The van der Waals surface area contributed by atoms with Gasteiger partial charge in [0, 0.05) is 45.0 Å². The third-order valence-corrected chi connectivity index (χ3v) is 4.67. The molecule has 5 heteroatoms. The minimum atomic E-state index is -0.204. The summed E-state index contributed by atoms with van der Waals surface area (Å²) in [6.45, 7) is 6.86. The SMILES string of the molecule is O=C(NCCCN1CCN(c2ccccc2)CC1)[C@H]1CCCO1. The molecular formula is C18H27N3O2. The lowest BCUT2D eigenvalue weighted by atomic mass is 10.2. The number of nitrogens with one attached hydrogen (secondary N) is 1. The van der Waals surface area contributed by atoms with E-state index in [0.717, 1.165) is 65.1 Å². The molecule has 2 fully saturated rings. The Labute approximate surface area is 138 Å². The number of carbonyl (C=O) groups excluding carboxylic acids is 1. The van der Waals surface area contributed by atoms with Crippen LogP contribution >= 0.6 is 0 Å². The van der Waals surface area contributed by atoms with Crippen LogP contribution in [0.25, 0.3) is 0 Å². The Bertz CT molecular complexity index is 480. The quantitative estimate of drug-likeness (QED) is 0.808. The summed E-state index contributed by atoms with van der Waals surface area (Å²) in [5.41, 5.74) is 1.32. The van der Waals surface area contributed by atoms with Crippen molar-refractivity contribution >= 4 is 11.6 Å². The monoisotopic (exact) mass is 317 g/mol. The fourth-order valence-corrected chi connectivity index (χ4v) is 3.28. The highest BCUT2D eigenvalue weighted by molar-refractivity contribution is 5.80. The number of nitrogens with zero attached hydrogens (tertiary/aromatic N) is 2. The van der Waals surface area contributed by atoms with E-state index >= 15 is 0 Å². The van der Waals surface area contributed by atoms with Gasteiger partial charge >= 0.3 is 0 Å². The first-order valence-corrected chi connectivity index (χ1v) is 8.74. The summed E-state index contributed by atoms with van der Waals surface area (Å²) in [5.74, 6) is 0.0661. The molecule has 2 aliphatic heterocycles. The van der Waals surface area contributed by atoms with Crippen LogP contribution in [0.4, 0.5) is 5.69 Å². The predicted octanol–water partition coefficient (Wildman–Crippen LogP) is 1.49. The van der Waals surface area contributed by atoms with Gasteiger partial charge in [-0.05, 0) is 37.9 Å². The smallest absolute Gasteiger partial charge is 0.249 e. The highest BCUT2D eigenvalue weighted by Crippen LogP contribution is 2.15. The molecule has 23 heavy (non-hydrogen) atoms. The van der Waals surface area contributed by atoms with Crippen molar-refractivity contribution in [3.05, 3.63) is 30.3 Å². The fraction of sp³-hybridized carbons (Fsp3) is 0.611. The van der Waals surface area contributed by atoms with Crippen molar-refractivity contribution in [2.45, 2.75) is 25.4 Å². The highest BCUT2D eigenvalue weighted by atomic mass is 16.5. The molecule has 126 valence electrons. The number of para-hydroxylation sites is 1. The normalized spacial score (nSPS) is 22.3. The second kappa shape index (κ2) is 8.31. The van der Waals surface area contributed by atoms with Crippen molar-refractivity contribution in [2.75, 3.05) is 50.8 Å². The average molecular weight is 317 g/mol. The molecule has 0 unspecified atom stereocenters. The maximum Gasteiger partial charge on any atom is 0.249 e. The van der Waals surface area contributed by atoms with E-state index in [9.17, 15) is 4.79 Å². The maximum atomic E-state index is 11.8. The Morgan fingerprint density at radius 2 is 1.96 bits per heavy atom. The summed E-state index contributed by atoms with van der Waals surface area (Å²) in [7, 11) is 0. The molecule has 0 spiro atoms. The molecule has 3 rings (SSSR count). The number of amides is 1. The van der Waals surface area contributed by atoms with Gasteiger partial charge in [-0.1, -0.05) is 18.2 Å². The number of hydrogen-bond acceptors (Lipinski definition) is 4. The van der Waals surface area contributed by atoms with Crippen molar-refractivity contribution in [2.24, 2.45) is 0 Å². The van der Waals surface area contributed by atoms with E-state index in [1.54, 1.807) is 0 Å². The Kier molecular flexibility index (Phi) is 5.88. The van der Waals surface area contributed by atoms with Gasteiger partial charge in [-0.15, -0.1) is 0 Å². The van der Waals surface area contributed by atoms with Gasteiger partial charge in [0.2, 0.25) is 5.91 Å².